The first-order valence-corrected chi connectivity index (χ1v) is 5.14. The second-order valence-electron chi connectivity index (χ2n) is 3.59. The number of hydrogen-bond donors (Lipinski definition) is 0. The molecule has 74 valence electrons. The predicted octanol–water partition coefficient (Wildman–Crippen LogP) is 4.65. The zero-order valence-corrected chi connectivity index (χ0v) is 9.27. The largest absolute Gasteiger partial charge is 0.0991 e. The van der Waals surface area contributed by atoms with Gasteiger partial charge in [-0.3, -0.25) is 0 Å². The smallest absolute Gasteiger partial charge is 0.0285 e. The van der Waals surface area contributed by atoms with Crippen LogP contribution in [0.3, 0.4) is 0 Å². The summed E-state index contributed by atoms with van der Waals surface area (Å²) < 4.78 is 0. The van der Waals surface area contributed by atoms with Crippen molar-refractivity contribution in [3.8, 4) is 0 Å². The Morgan fingerprint density at radius 1 is 1.15 bits per heavy atom. The Morgan fingerprint density at radius 2 is 1.85 bits per heavy atom. The fourth-order valence-electron chi connectivity index (χ4n) is 1.33. The summed E-state index contributed by atoms with van der Waals surface area (Å²) in [5.74, 6) is 0. The maximum absolute atomic E-state index is 3.68. The van der Waals surface area contributed by atoms with Crippen LogP contribution in [0.4, 0.5) is 0 Å². The standard InChI is InChI=1S/C13H22/c1-5-8-12(3)10-7-11-13(4)9-6-2/h5,8,11H,1,6-7,9-10H2,2-4H3/b12-8+,13-11?. The summed E-state index contributed by atoms with van der Waals surface area (Å²) in [5.41, 5.74) is 2.93. The summed E-state index contributed by atoms with van der Waals surface area (Å²) in [4.78, 5) is 0. The van der Waals surface area contributed by atoms with Crippen LogP contribution >= 0.6 is 0 Å². The summed E-state index contributed by atoms with van der Waals surface area (Å²) >= 11 is 0. The molecule has 0 heteroatoms. The Labute approximate surface area is 83.0 Å². The lowest BCUT2D eigenvalue weighted by Gasteiger charge is -1.99. The second kappa shape index (κ2) is 7.85. The third-order valence-electron chi connectivity index (χ3n) is 2.08. The molecule has 0 saturated heterocycles. The lowest BCUT2D eigenvalue weighted by molar-refractivity contribution is 0.881. The van der Waals surface area contributed by atoms with Crippen molar-refractivity contribution in [3.05, 3.63) is 36.0 Å². The predicted molar refractivity (Wildman–Crippen MR) is 61.9 cm³/mol. The minimum atomic E-state index is 1.16. The molecule has 0 atom stereocenters. The van der Waals surface area contributed by atoms with Gasteiger partial charge in [-0.15, -0.1) is 0 Å². The van der Waals surface area contributed by atoms with Crippen LogP contribution in [0.5, 0.6) is 0 Å². The highest BCUT2D eigenvalue weighted by atomic mass is 14.0. The van der Waals surface area contributed by atoms with Gasteiger partial charge < -0.3 is 0 Å². The Balaban J connectivity index is 3.71. The van der Waals surface area contributed by atoms with Crippen LogP contribution in [0.25, 0.3) is 0 Å². The highest BCUT2D eigenvalue weighted by Gasteiger charge is 1.89. The highest BCUT2D eigenvalue weighted by molar-refractivity contribution is 5.09. The quantitative estimate of drug-likeness (QED) is 0.410. The van der Waals surface area contributed by atoms with E-state index in [0.717, 1.165) is 6.42 Å². The van der Waals surface area contributed by atoms with Gasteiger partial charge in [0.1, 0.15) is 0 Å². The molecule has 0 aliphatic rings. The van der Waals surface area contributed by atoms with Crippen molar-refractivity contribution in [2.24, 2.45) is 0 Å². The van der Waals surface area contributed by atoms with Crippen molar-refractivity contribution >= 4 is 0 Å². The third kappa shape index (κ3) is 7.58. The molecule has 0 aromatic carbocycles. The van der Waals surface area contributed by atoms with E-state index in [4.69, 9.17) is 0 Å². The van der Waals surface area contributed by atoms with Gasteiger partial charge in [-0.2, -0.15) is 0 Å². The van der Waals surface area contributed by atoms with Gasteiger partial charge in [-0.1, -0.05) is 49.3 Å². The molecule has 0 radical (unpaired) electrons. The summed E-state index contributed by atoms with van der Waals surface area (Å²) in [6.45, 7) is 10.3. The van der Waals surface area contributed by atoms with Crippen molar-refractivity contribution in [2.75, 3.05) is 0 Å². The molecule has 0 nitrogen and oxygen atoms in total. The van der Waals surface area contributed by atoms with Crippen molar-refractivity contribution in [1.29, 1.82) is 0 Å². The topological polar surface area (TPSA) is 0 Å². The van der Waals surface area contributed by atoms with Gasteiger partial charge in [-0.05, 0) is 33.1 Å². The molecule has 0 aromatic heterocycles. The molecule has 0 N–H and O–H groups in total. The Morgan fingerprint density at radius 3 is 2.38 bits per heavy atom. The van der Waals surface area contributed by atoms with Gasteiger partial charge in [0.05, 0.1) is 0 Å². The molecule has 0 saturated carbocycles. The van der Waals surface area contributed by atoms with Gasteiger partial charge in [0.15, 0.2) is 0 Å². The molecule has 0 rings (SSSR count). The maximum atomic E-state index is 3.68. The van der Waals surface area contributed by atoms with E-state index in [1.165, 1.54) is 30.4 Å². The van der Waals surface area contributed by atoms with E-state index in [1.807, 2.05) is 6.08 Å². The molecule has 0 aliphatic carbocycles. The SMILES string of the molecule is C=C/C=C(\C)CCC=C(C)CCC. The van der Waals surface area contributed by atoms with Crippen LogP contribution in [0.15, 0.2) is 36.0 Å². The molecule has 0 aliphatic heterocycles. The normalized spacial score (nSPS) is 13.2. The average molecular weight is 178 g/mol. The van der Waals surface area contributed by atoms with E-state index in [1.54, 1.807) is 0 Å². The van der Waals surface area contributed by atoms with Crippen LogP contribution in [-0.4, -0.2) is 0 Å². The van der Waals surface area contributed by atoms with Gasteiger partial charge >= 0.3 is 0 Å². The van der Waals surface area contributed by atoms with E-state index < -0.39 is 0 Å². The van der Waals surface area contributed by atoms with Gasteiger partial charge in [0, 0.05) is 0 Å². The Hall–Kier alpha value is -0.780. The third-order valence-corrected chi connectivity index (χ3v) is 2.08. The van der Waals surface area contributed by atoms with E-state index in [0.29, 0.717) is 0 Å². The van der Waals surface area contributed by atoms with Crippen LogP contribution in [-0.2, 0) is 0 Å². The molecule has 0 spiro atoms. The zero-order valence-electron chi connectivity index (χ0n) is 9.27. The fraction of sp³-hybridized carbons (Fsp3) is 0.538. The van der Waals surface area contributed by atoms with Crippen LogP contribution in [0, 0.1) is 0 Å². The summed E-state index contributed by atoms with van der Waals surface area (Å²) in [5, 5.41) is 0. The lowest BCUT2D eigenvalue weighted by Crippen LogP contribution is -1.78. The van der Waals surface area contributed by atoms with Crippen molar-refractivity contribution in [1.82, 2.24) is 0 Å². The van der Waals surface area contributed by atoms with E-state index in [2.05, 4.69) is 39.5 Å². The van der Waals surface area contributed by atoms with Gasteiger partial charge in [0.2, 0.25) is 0 Å². The first-order chi connectivity index (χ1) is 6.20. The van der Waals surface area contributed by atoms with Crippen molar-refractivity contribution in [3.63, 3.8) is 0 Å². The summed E-state index contributed by atoms with van der Waals surface area (Å²) in [6.07, 6.45) is 11.1. The van der Waals surface area contributed by atoms with Crippen LogP contribution in [0.1, 0.15) is 46.5 Å². The fourth-order valence-corrected chi connectivity index (χ4v) is 1.33. The zero-order chi connectivity index (χ0) is 10.1. The molecular formula is C13H22. The second-order valence-corrected chi connectivity index (χ2v) is 3.59. The van der Waals surface area contributed by atoms with E-state index >= 15 is 0 Å². The summed E-state index contributed by atoms with van der Waals surface area (Å²) in [6, 6.07) is 0. The minimum Gasteiger partial charge on any atom is -0.0991 e. The average Bonchev–Trinajstić information content (AvgIpc) is 2.05. The Kier molecular flexibility index (Phi) is 7.38. The van der Waals surface area contributed by atoms with E-state index in [-0.39, 0.29) is 0 Å². The lowest BCUT2D eigenvalue weighted by atomic mass is 10.1. The van der Waals surface area contributed by atoms with Gasteiger partial charge in [0.25, 0.3) is 0 Å². The monoisotopic (exact) mass is 178 g/mol. The number of rotatable bonds is 6. The minimum absolute atomic E-state index is 1.16. The Bertz CT molecular complexity index is 194. The van der Waals surface area contributed by atoms with Crippen LogP contribution in [0.2, 0.25) is 0 Å². The molecule has 0 aromatic rings. The van der Waals surface area contributed by atoms with Crippen LogP contribution < -0.4 is 0 Å². The van der Waals surface area contributed by atoms with E-state index in [9.17, 15) is 0 Å². The number of hydrogen-bond acceptors (Lipinski definition) is 0. The maximum Gasteiger partial charge on any atom is -0.0285 e. The molecule has 0 bridgehead atoms. The van der Waals surface area contributed by atoms with Crippen molar-refractivity contribution < 1.29 is 0 Å². The highest BCUT2D eigenvalue weighted by Crippen LogP contribution is 2.09. The number of allylic oxidation sites excluding steroid dienone is 5. The first kappa shape index (κ1) is 12.2. The molecule has 0 heterocycles. The molecule has 0 unspecified atom stereocenters. The van der Waals surface area contributed by atoms with Crippen molar-refractivity contribution in [2.45, 2.75) is 46.5 Å². The first-order valence-electron chi connectivity index (χ1n) is 5.14. The molecule has 0 fully saturated rings. The molecule has 0 amide bonds. The summed E-state index contributed by atoms with van der Waals surface area (Å²) in [7, 11) is 0. The molecular weight excluding hydrogens is 156 g/mol. The van der Waals surface area contributed by atoms with Gasteiger partial charge in [-0.25, -0.2) is 0 Å². The molecule has 13 heavy (non-hydrogen) atoms.